The smallest absolute Gasteiger partial charge is 0.296 e. The van der Waals surface area contributed by atoms with Gasteiger partial charge in [0.05, 0.1) is 18.1 Å². The van der Waals surface area contributed by atoms with Gasteiger partial charge < -0.3 is 15.8 Å². The molecule has 104 valence electrons. The zero-order valence-corrected chi connectivity index (χ0v) is 10.7. The van der Waals surface area contributed by atoms with Crippen molar-refractivity contribution in [2.24, 2.45) is 5.73 Å². The van der Waals surface area contributed by atoms with E-state index in [1.54, 1.807) is 12.1 Å². The second-order valence-electron chi connectivity index (χ2n) is 3.99. The van der Waals surface area contributed by atoms with Crippen LogP contribution >= 0.6 is 0 Å². The Bertz CT molecular complexity index is 462. The summed E-state index contributed by atoms with van der Waals surface area (Å²) in [5.41, 5.74) is 5.42. The normalized spacial score (nSPS) is 9.95. The first-order chi connectivity index (χ1) is 9.04. The van der Waals surface area contributed by atoms with Crippen LogP contribution in [0.15, 0.2) is 18.2 Å². The van der Waals surface area contributed by atoms with Crippen molar-refractivity contribution in [2.75, 3.05) is 19.0 Å². The largest absolute Gasteiger partial charge is 0.496 e. The van der Waals surface area contributed by atoms with Crippen molar-refractivity contribution in [3.05, 3.63) is 28.3 Å². The Morgan fingerprint density at radius 2 is 2.21 bits per heavy atom. The van der Waals surface area contributed by atoms with Crippen LogP contribution in [0, 0.1) is 10.1 Å². The van der Waals surface area contributed by atoms with Crippen molar-refractivity contribution in [2.45, 2.75) is 19.3 Å². The van der Waals surface area contributed by atoms with E-state index in [4.69, 9.17) is 10.5 Å². The summed E-state index contributed by atoms with van der Waals surface area (Å²) in [6, 6.07) is 4.62. The van der Waals surface area contributed by atoms with Crippen LogP contribution in [0.4, 0.5) is 11.4 Å². The number of carbonyl (C=O) groups is 1. The fraction of sp³-hybridized carbons (Fsp3) is 0.417. The van der Waals surface area contributed by atoms with E-state index in [1.807, 2.05) is 0 Å². The maximum atomic E-state index is 10.9. The molecule has 0 unspecified atom stereocenters. The molecule has 0 heterocycles. The Balaban J connectivity index is 2.57. The van der Waals surface area contributed by atoms with Crippen LogP contribution in [0.1, 0.15) is 19.3 Å². The van der Waals surface area contributed by atoms with Crippen molar-refractivity contribution in [1.29, 1.82) is 0 Å². The molecule has 0 aliphatic rings. The number of carbonyl (C=O) groups excluding carboxylic acids is 1. The maximum absolute atomic E-state index is 10.9. The molecule has 1 aromatic carbocycles. The van der Waals surface area contributed by atoms with Gasteiger partial charge in [0.1, 0.15) is 11.4 Å². The fourth-order valence-corrected chi connectivity index (χ4v) is 1.59. The number of rotatable bonds is 8. The van der Waals surface area contributed by atoms with Gasteiger partial charge in [-0.2, -0.15) is 0 Å². The third-order valence-electron chi connectivity index (χ3n) is 2.57. The van der Waals surface area contributed by atoms with Crippen LogP contribution in [0.25, 0.3) is 0 Å². The number of nitrogens with one attached hydrogen (secondary N) is 1. The van der Waals surface area contributed by atoms with E-state index in [1.165, 1.54) is 13.2 Å². The lowest BCUT2D eigenvalue weighted by atomic mass is 10.2. The van der Waals surface area contributed by atoms with E-state index < -0.39 is 4.92 Å². The number of anilines is 1. The number of primary amides is 1. The van der Waals surface area contributed by atoms with Crippen LogP contribution in [-0.2, 0) is 4.79 Å². The summed E-state index contributed by atoms with van der Waals surface area (Å²) in [5, 5.41) is 13.9. The lowest BCUT2D eigenvalue weighted by Gasteiger charge is -2.08. The molecule has 0 saturated heterocycles. The number of hydrogen-bond acceptors (Lipinski definition) is 5. The first kappa shape index (κ1) is 14.7. The van der Waals surface area contributed by atoms with Gasteiger partial charge in [-0.15, -0.1) is 0 Å². The molecule has 1 rings (SSSR count). The summed E-state index contributed by atoms with van der Waals surface area (Å²) >= 11 is 0. The number of unbranched alkanes of at least 4 members (excludes halogenated alkanes) is 1. The molecule has 0 aliphatic heterocycles. The second-order valence-corrected chi connectivity index (χ2v) is 3.99. The molecule has 0 bridgehead atoms. The predicted octanol–water partition coefficient (Wildman–Crippen LogP) is 1.67. The first-order valence-electron chi connectivity index (χ1n) is 5.89. The summed E-state index contributed by atoms with van der Waals surface area (Å²) < 4.78 is 4.95. The highest BCUT2D eigenvalue weighted by Crippen LogP contribution is 2.28. The summed E-state index contributed by atoms with van der Waals surface area (Å²) in [6.45, 7) is 0.542. The third kappa shape index (κ3) is 4.82. The van der Waals surface area contributed by atoms with Crippen LogP contribution in [0.2, 0.25) is 0 Å². The molecule has 7 heteroatoms. The summed E-state index contributed by atoms with van der Waals surface area (Å²) in [7, 11) is 1.45. The second kappa shape index (κ2) is 7.20. The average Bonchev–Trinajstić information content (AvgIpc) is 2.38. The van der Waals surface area contributed by atoms with Gasteiger partial charge in [0.15, 0.2) is 0 Å². The Morgan fingerprint density at radius 3 is 2.79 bits per heavy atom. The van der Waals surface area contributed by atoms with Gasteiger partial charge in [-0.05, 0) is 25.0 Å². The van der Waals surface area contributed by atoms with Crippen molar-refractivity contribution in [3.8, 4) is 5.75 Å². The van der Waals surface area contributed by atoms with Crippen molar-refractivity contribution >= 4 is 17.3 Å². The molecule has 0 fully saturated rings. The number of hydrogen-bond donors (Lipinski definition) is 2. The van der Waals surface area contributed by atoms with Gasteiger partial charge >= 0.3 is 0 Å². The molecule has 0 saturated carbocycles. The van der Waals surface area contributed by atoms with Gasteiger partial charge in [-0.1, -0.05) is 0 Å². The van der Waals surface area contributed by atoms with E-state index in [9.17, 15) is 14.9 Å². The molecule has 0 radical (unpaired) electrons. The molecule has 0 aromatic heterocycles. The van der Waals surface area contributed by atoms with Crippen LogP contribution < -0.4 is 15.8 Å². The van der Waals surface area contributed by atoms with Crippen molar-refractivity contribution < 1.29 is 14.5 Å². The number of methoxy groups -OCH3 is 1. The minimum atomic E-state index is -0.464. The number of amides is 1. The maximum Gasteiger partial charge on any atom is 0.296 e. The van der Waals surface area contributed by atoms with Gasteiger partial charge in [0, 0.05) is 13.0 Å². The first-order valence-corrected chi connectivity index (χ1v) is 5.89. The average molecular weight is 267 g/mol. The lowest BCUT2D eigenvalue weighted by Crippen LogP contribution is -2.11. The zero-order valence-electron chi connectivity index (χ0n) is 10.7. The molecule has 1 amide bonds. The van der Waals surface area contributed by atoms with Crippen LogP contribution in [-0.4, -0.2) is 24.5 Å². The molecule has 7 nitrogen and oxygen atoms in total. The SMILES string of the molecule is COc1ccc(NCCCCC(N)=O)c([N+](=O)[O-])c1. The number of nitrogens with two attached hydrogens (primary N) is 1. The minimum absolute atomic E-state index is 0.0331. The van der Waals surface area contributed by atoms with Gasteiger partial charge in [-0.3, -0.25) is 14.9 Å². The van der Waals surface area contributed by atoms with Crippen LogP contribution in [0.3, 0.4) is 0 Å². The van der Waals surface area contributed by atoms with E-state index in [0.29, 0.717) is 37.2 Å². The fourth-order valence-electron chi connectivity index (χ4n) is 1.59. The van der Waals surface area contributed by atoms with Gasteiger partial charge in [-0.25, -0.2) is 0 Å². The Kier molecular flexibility index (Phi) is 5.59. The Morgan fingerprint density at radius 1 is 1.47 bits per heavy atom. The number of nitrogens with zero attached hydrogens (tertiary/aromatic N) is 1. The predicted molar refractivity (Wildman–Crippen MR) is 71.2 cm³/mol. The van der Waals surface area contributed by atoms with E-state index in [-0.39, 0.29) is 11.6 Å². The molecule has 1 aromatic rings. The molecular weight excluding hydrogens is 250 g/mol. The highest BCUT2D eigenvalue weighted by Gasteiger charge is 2.14. The molecule has 19 heavy (non-hydrogen) atoms. The molecule has 0 aliphatic carbocycles. The quantitative estimate of drug-likeness (QED) is 0.423. The highest BCUT2D eigenvalue weighted by molar-refractivity contribution is 5.73. The van der Waals surface area contributed by atoms with E-state index >= 15 is 0 Å². The minimum Gasteiger partial charge on any atom is -0.496 e. The summed E-state index contributed by atoms with van der Waals surface area (Å²) in [5.74, 6) is 0.0985. The van der Waals surface area contributed by atoms with Crippen molar-refractivity contribution in [1.82, 2.24) is 0 Å². The topological polar surface area (TPSA) is 107 Å². The zero-order chi connectivity index (χ0) is 14.3. The van der Waals surface area contributed by atoms with E-state index in [2.05, 4.69) is 5.32 Å². The Hall–Kier alpha value is -2.31. The number of ether oxygens (including phenoxy) is 1. The summed E-state index contributed by atoms with van der Waals surface area (Å²) in [6.07, 6.45) is 1.70. The third-order valence-corrected chi connectivity index (χ3v) is 2.57. The summed E-state index contributed by atoms with van der Waals surface area (Å²) in [4.78, 5) is 21.0. The highest BCUT2D eigenvalue weighted by atomic mass is 16.6. The standard InChI is InChI=1S/C12H17N3O4/c1-19-9-5-6-10(11(8-9)15(17)18)14-7-3-2-4-12(13)16/h5-6,8,14H,2-4,7H2,1H3,(H2,13,16). The monoisotopic (exact) mass is 267 g/mol. The Labute approximate surface area is 110 Å². The molecule has 0 atom stereocenters. The van der Waals surface area contributed by atoms with E-state index in [0.717, 1.165) is 0 Å². The van der Waals surface area contributed by atoms with Gasteiger partial charge in [0.2, 0.25) is 5.91 Å². The lowest BCUT2D eigenvalue weighted by molar-refractivity contribution is -0.384. The van der Waals surface area contributed by atoms with Crippen molar-refractivity contribution in [3.63, 3.8) is 0 Å². The number of nitro benzene ring substituents is 1. The number of benzene rings is 1. The number of nitro groups is 1. The molecule has 0 spiro atoms. The van der Waals surface area contributed by atoms with Gasteiger partial charge in [0.25, 0.3) is 5.69 Å². The molecule has 3 N–H and O–H groups in total. The van der Waals surface area contributed by atoms with Crippen LogP contribution in [0.5, 0.6) is 5.75 Å². The molecular formula is C12H17N3O4.